The summed E-state index contributed by atoms with van der Waals surface area (Å²) in [7, 11) is 0. The van der Waals surface area contributed by atoms with Gasteiger partial charge in [-0.1, -0.05) is 13.8 Å². The fourth-order valence-electron chi connectivity index (χ4n) is 5.82. The lowest BCUT2D eigenvalue weighted by molar-refractivity contribution is -0.230. The minimum atomic E-state index is -0.745. The number of carbonyl (C=O) groups excluding carboxylic acids is 1. The Kier molecular flexibility index (Phi) is 6.94. The fourth-order valence-corrected chi connectivity index (χ4v) is 5.82. The van der Waals surface area contributed by atoms with Crippen molar-refractivity contribution in [3.8, 4) is 0 Å². The molecular weight excluding hydrogens is 373 g/mol. The largest absolute Gasteiger partial charge is 0.377 e. The van der Waals surface area contributed by atoms with Gasteiger partial charge in [0.1, 0.15) is 5.54 Å². The van der Waals surface area contributed by atoms with Crippen molar-refractivity contribution in [3.63, 3.8) is 0 Å². The predicted octanol–water partition coefficient (Wildman–Crippen LogP) is 2.45. The Bertz CT molecular complexity index is 513. The highest BCUT2D eigenvalue weighted by Crippen LogP contribution is 2.58. The maximum absolute atomic E-state index is 13.5. The molecule has 3 saturated heterocycles. The number of hydrogen-bond donors (Lipinski definition) is 1. The minimum Gasteiger partial charge on any atom is -0.377 e. The number of nitrogens with two attached hydrogens (primary N) is 1. The molecule has 152 valence electrons. The summed E-state index contributed by atoms with van der Waals surface area (Å²) < 4.78 is 5.97. The number of fused-ring (bicyclic) bond motifs is 1. The lowest BCUT2D eigenvalue weighted by atomic mass is 9.46. The maximum atomic E-state index is 13.5. The standard InChI is InChI=1S/C19H33N3O2.2ClH/c1-18(2)16-15(8-6-12-24-16)19(18,20)17(23)22-11-5-7-14(13-22)21-9-3-4-10-21;;/h14-16H,3-13,20H2,1-2H3;2*1H. The van der Waals surface area contributed by atoms with E-state index in [0.29, 0.717) is 6.04 Å². The molecule has 7 heteroatoms. The van der Waals surface area contributed by atoms with Crippen LogP contribution in [0.15, 0.2) is 0 Å². The Labute approximate surface area is 170 Å². The average Bonchev–Trinajstić information content (AvgIpc) is 3.15. The number of amides is 1. The van der Waals surface area contributed by atoms with E-state index in [0.717, 1.165) is 39.0 Å². The molecule has 1 amide bonds. The van der Waals surface area contributed by atoms with Gasteiger partial charge in [-0.2, -0.15) is 0 Å². The predicted molar refractivity (Wildman–Crippen MR) is 108 cm³/mol. The molecule has 4 aliphatic rings. The normalized spacial score (nSPS) is 39.2. The summed E-state index contributed by atoms with van der Waals surface area (Å²) >= 11 is 0. The van der Waals surface area contributed by atoms with E-state index >= 15 is 0 Å². The summed E-state index contributed by atoms with van der Waals surface area (Å²) in [6.07, 6.45) is 7.14. The summed E-state index contributed by atoms with van der Waals surface area (Å²) in [5.41, 5.74) is 5.81. The van der Waals surface area contributed by atoms with E-state index in [4.69, 9.17) is 10.5 Å². The highest BCUT2D eigenvalue weighted by Gasteiger charge is 2.70. The molecule has 4 fully saturated rings. The SMILES string of the molecule is CC1(C)C2OCCCC2C1(N)C(=O)N1CCCC(N2CCCC2)C1.Cl.Cl. The van der Waals surface area contributed by atoms with E-state index in [1.807, 2.05) is 0 Å². The minimum absolute atomic E-state index is 0. The number of rotatable bonds is 2. The molecule has 1 aliphatic carbocycles. The summed E-state index contributed by atoms with van der Waals surface area (Å²) in [6.45, 7) is 9.20. The van der Waals surface area contributed by atoms with Crippen LogP contribution in [0, 0.1) is 11.3 Å². The van der Waals surface area contributed by atoms with Gasteiger partial charge in [-0.25, -0.2) is 0 Å². The second kappa shape index (κ2) is 8.12. The van der Waals surface area contributed by atoms with E-state index in [1.165, 1.54) is 32.4 Å². The van der Waals surface area contributed by atoms with Crippen molar-refractivity contribution in [2.75, 3.05) is 32.8 Å². The number of likely N-dealkylation sites (tertiary alicyclic amines) is 2. The van der Waals surface area contributed by atoms with Crippen molar-refractivity contribution in [2.45, 2.75) is 70.1 Å². The van der Waals surface area contributed by atoms with Crippen LogP contribution in [0.1, 0.15) is 52.4 Å². The van der Waals surface area contributed by atoms with Crippen molar-refractivity contribution in [1.29, 1.82) is 0 Å². The zero-order valence-electron chi connectivity index (χ0n) is 16.1. The van der Waals surface area contributed by atoms with Crippen LogP contribution in [-0.4, -0.2) is 66.2 Å². The third kappa shape index (κ3) is 3.18. The lowest BCUT2D eigenvalue weighted by Crippen LogP contribution is -2.82. The topological polar surface area (TPSA) is 58.8 Å². The molecule has 0 bridgehead atoms. The van der Waals surface area contributed by atoms with Gasteiger partial charge in [0.15, 0.2) is 0 Å². The molecule has 0 aromatic carbocycles. The first kappa shape index (κ1) is 22.2. The molecule has 2 N–H and O–H groups in total. The average molecular weight is 408 g/mol. The fraction of sp³-hybridized carbons (Fsp3) is 0.947. The molecule has 4 rings (SSSR count). The van der Waals surface area contributed by atoms with E-state index in [9.17, 15) is 4.79 Å². The number of halogens is 2. The van der Waals surface area contributed by atoms with Crippen LogP contribution in [0.4, 0.5) is 0 Å². The molecule has 0 spiro atoms. The number of carbonyl (C=O) groups is 1. The van der Waals surface area contributed by atoms with Gasteiger partial charge in [0.05, 0.1) is 6.10 Å². The van der Waals surface area contributed by atoms with Gasteiger partial charge >= 0.3 is 0 Å². The van der Waals surface area contributed by atoms with Crippen LogP contribution in [0.25, 0.3) is 0 Å². The Morgan fingerprint density at radius 3 is 2.42 bits per heavy atom. The Hall–Kier alpha value is -0.0700. The van der Waals surface area contributed by atoms with Gasteiger partial charge in [-0.05, 0) is 51.6 Å². The molecule has 3 heterocycles. The van der Waals surface area contributed by atoms with Gasteiger partial charge in [-0.15, -0.1) is 24.8 Å². The lowest BCUT2D eigenvalue weighted by Gasteiger charge is -2.66. The zero-order chi connectivity index (χ0) is 16.9. The molecular formula is C19H35Cl2N3O2. The molecule has 0 aromatic heterocycles. The summed E-state index contributed by atoms with van der Waals surface area (Å²) in [5.74, 6) is 0.379. The maximum Gasteiger partial charge on any atom is 0.243 e. The first-order valence-corrected chi connectivity index (χ1v) is 9.90. The smallest absolute Gasteiger partial charge is 0.243 e. The van der Waals surface area contributed by atoms with Crippen LogP contribution in [0.2, 0.25) is 0 Å². The molecule has 26 heavy (non-hydrogen) atoms. The molecule has 0 radical (unpaired) electrons. The Morgan fingerprint density at radius 2 is 1.73 bits per heavy atom. The quantitative estimate of drug-likeness (QED) is 0.763. The second-order valence-electron chi connectivity index (χ2n) is 8.92. The van der Waals surface area contributed by atoms with Gasteiger partial charge in [0.2, 0.25) is 5.91 Å². The van der Waals surface area contributed by atoms with Crippen molar-refractivity contribution in [1.82, 2.24) is 9.80 Å². The third-order valence-corrected chi connectivity index (χ3v) is 7.38. The van der Waals surface area contributed by atoms with Gasteiger partial charge in [0, 0.05) is 37.1 Å². The van der Waals surface area contributed by atoms with Crippen molar-refractivity contribution >= 4 is 30.7 Å². The van der Waals surface area contributed by atoms with Crippen LogP contribution in [-0.2, 0) is 9.53 Å². The molecule has 0 aromatic rings. The van der Waals surface area contributed by atoms with E-state index in [-0.39, 0.29) is 48.2 Å². The van der Waals surface area contributed by atoms with Crippen LogP contribution >= 0.6 is 24.8 Å². The van der Waals surface area contributed by atoms with Gasteiger partial charge < -0.3 is 15.4 Å². The second-order valence-corrected chi connectivity index (χ2v) is 8.92. The first-order valence-electron chi connectivity index (χ1n) is 9.90. The van der Waals surface area contributed by atoms with Crippen molar-refractivity contribution < 1.29 is 9.53 Å². The highest BCUT2D eigenvalue weighted by molar-refractivity contribution is 5.89. The Morgan fingerprint density at radius 1 is 1.04 bits per heavy atom. The number of piperidine rings is 1. The van der Waals surface area contributed by atoms with E-state index in [2.05, 4.69) is 23.6 Å². The molecule has 1 saturated carbocycles. The number of hydrogen-bond acceptors (Lipinski definition) is 4. The van der Waals surface area contributed by atoms with Crippen LogP contribution in [0.5, 0.6) is 0 Å². The molecule has 3 aliphatic heterocycles. The summed E-state index contributed by atoms with van der Waals surface area (Å²) in [5, 5.41) is 0. The van der Waals surface area contributed by atoms with Gasteiger partial charge in [-0.3, -0.25) is 9.69 Å². The summed E-state index contributed by atoms with van der Waals surface area (Å²) in [4.78, 5) is 18.1. The Balaban J connectivity index is 0.00000121. The molecule has 4 atom stereocenters. The van der Waals surface area contributed by atoms with E-state index in [1.54, 1.807) is 0 Å². The summed E-state index contributed by atoms with van der Waals surface area (Å²) in [6, 6.07) is 0.537. The van der Waals surface area contributed by atoms with E-state index < -0.39 is 5.54 Å². The third-order valence-electron chi connectivity index (χ3n) is 7.38. The van der Waals surface area contributed by atoms with Gasteiger partial charge in [0.25, 0.3) is 0 Å². The zero-order valence-corrected chi connectivity index (χ0v) is 17.7. The first-order chi connectivity index (χ1) is 11.5. The monoisotopic (exact) mass is 407 g/mol. The molecule has 4 unspecified atom stereocenters. The number of nitrogens with zero attached hydrogens (tertiary/aromatic N) is 2. The van der Waals surface area contributed by atoms with Crippen LogP contribution in [0.3, 0.4) is 0 Å². The number of ether oxygens (including phenoxy) is 1. The van der Waals surface area contributed by atoms with Crippen molar-refractivity contribution in [3.05, 3.63) is 0 Å². The molecule has 5 nitrogen and oxygen atoms in total. The van der Waals surface area contributed by atoms with Crippen LogP contribution < -0.4 is 5.73 Å². The van der Waals surface area contributed by atoms with Crippen molar-refractivity contribution in [2.24, 2.45) is 17.1 Å². The highest BCUT2D eigenvalue weighted by atomic mass is 35.5.